The molecule has 1 N–H and O–H groups in total. The molecule has 0 spiro atoms. The minimum absolute atomic E-state index is 1.02. The molecule has 0 radical (unpaired) electrons. The van der Waals surface area contributed by atoms with Crippen molar-refractivity contribution in [1.82, 2.24) is 20.1 Å². The highest BCUT2D eigenvalue weighted by Crippen LogP contribution is 2.21. The van der Waals surface area contributed by atoms with Gasteiger partial charge in [0.1, 0.15) is 5.82 Å². The van der Waals surface area contributed by atoms with E-state index in [0.717, 1.165) is 30.4 Å². The van der Waals surface area contributed by atoms with Crippen molar-refractivity contribution < 1.29 is 0 Å². The maximum Gasteiger partial charge on any atom is 0.191 e. The number of thioether (sulfide) groups is 1. The first-order chi connectivity index (χ1) is 7.42. The zero-order valence-electron chi connectivity index (χ0n) is 9.20. The van der Waals surface area contributed by atoms with E-state index < -0.39 is 0 Å². The summed E-state index contributed by atoms with van der Waals surface area (Å²) in [4.78, 5) is 0. The van der Waals surface area contributed by atoms with Crippen LogP contribution in [0.3, 0.4) is 0 Å². The summed E-state index contributed by atoms with van der Waals surface area (Å²) >= 11 is 1.80. The van der Waals surface area contributed by atoms with Gasteiger partial charge < -0.3 is 9.88 Å². The van der Waals surface area contributed by atoms with Crippen LogP contribution in [0.1, 0.15) is 25.1 Å². The lowest BCUT2D eigenvalue weighted by Gasteiger charge is -2.05. The van der Waals surface area contributed by atoms with Crippen LogP contribution >= 0.6 is 11.8 Å². The molecular weight excluding hydrogens is 208 g/mol. The Morgan fingerprint density at radius 1 is 1.33 bits per heavy atom. The molecule has 1 aliphatic heterocycles. The molecule has 1 aromatic heterocycles. The van der Waals surface area contributed by atoms with E-state index in [2.05, 4.69) is 20.1 Å². The fraction of sp³-hybridized carbons (Fsp3) is 0.800. The van der Waals surface area contributed by atoms with Gasteiger partial charge in [-0.25, -0.2) is 0 Å². The number of hydrogen-bond acceptors (Lipinski definition) is 4. The number of hydrogen-bond donors (Lipinski definition) is 1. The Morgan fingerprint density at radius 3 is 3.13 bits per heavy atom. The van der Waals surface area contributed by atoms with Gasteiger partial charge in [-0.3, -0.25) is 0 Å². The van der Waals surface area contributed by atoms with Gasteiger partial charge in [0.25, 0.3) is 0 Å². The van der Waals surface area contributed by atoms with Gasteiger partial charge in [0.05, 0.1) is 0 Å². The van der Waals surface area contributed by atoms with E-state index in [0.29, 0.717) is 0 Å². The van der Waals surface area contributed by atoms with Crippen molar-refractivity contribution >= 4 is 11.8 Å². The summed E-state index contributed by atoms with van der Waals surface area (Å²) in [6.45, 7) is 2.12. The molecule has 0 unspecified atom stereocenters. The molecule has 0 fully saturated rings. The Balaban J connectivity index is 2.01. The normalized spacial score (nSPS) is 16.1. The van der Waals surface area contributed by atoms with Gasteiger partial charge in [0, 0.05) is 25.3 Å². The first-order valence-corrected chi connectivity index (χ1v) is 6.60. The van der Waals surface area contributed by atoms with Gasteiger partial charge in [-0.2, -0.15) is 0 Å². The van der Waals surface area contributed by atoms with Gasteiger partial charge in [-0.1, -0.05) is 18.2 Å². The zero-order valence-corrected chi connectivity index (χ0v) is 10.0. The third-order valence-electron chi connectivity index (χ3n) is 2.66. The molecule has 5 heteroatoms. The van der Waals surface area contributed by atoms with E-state index in [4.69, 9.17) is 0 Å². The summed E-state index contributed by atoms with van der Waals surface area (Å²) in [5.41, 5.74) is 0. The monoisotopic (exact) mass is 226 g/mol. The van der Waals surface area contributed by atoms with Gasteiger partial charge >= 0.3 is 0 Å². The van der Waals surface area contributed by atoms with Crippen LogP contribution in [-0.2, 0) is 13.0 Å². The number of nitrogens with one attached hydrogen (secondary N) is 1. The van der Waals surface area contributed by atoms with Crippen molar-refractivity contribution in [3.05, 3.63) is 5.82 Å². The van der Waals surface area contributed by atoms with Crippen LogP contribution in [-0.4, -0.2) is 34.1 Å². The van der Waals surface area contributed by atoms with Crippen LogP contribution in [0.15, 0.2) is 5.16 Å². The molecule has 1 aromatic rings. The number of aromatic nitrogens is 3. The molecule has 0 saturated carbocycles. The van der Waals surface area contributed by atoms with Gasteiger partial charge in [0.2, 0.25) is 0 Å². The first kappa shape index (κ1) is 11.0. The fourth-order valence-corrected chi connectivity index (χ4v) is 2.75. The predicted molar refractivity (Wildman–Crippen MR) is 62.2 cm³/mol. The average Bonchev–Trinajstić information content (AvgIpc) is 2.50. The highest BCUT2D eigenvalue weighted by Gasteiger charge is 2.14. The molecule has 0 bridgehead atoms. The second kappa shape index (κ2) is 5.51. The van der Waals surface area contributed by atoms with E-state index in [-0.39, 0.29) is 0 Å². The number of rotatable bonds is 4. The number of nitrogens with zero attached hydrogens (tertiary/aromatic N) is 3. The maximum absolute atomic E-state index is 4.27. The highest BCUT2D eigenvalue weighted by molar-refractivity contribution is 7.99. The standard InChI is InChI=1S/C10H18N4S/c1-11-6-8-15-10-13-12-9-5-3-2-4-7-14(9)10/h11H,2-8H2,1H3. The number of fused-ring (bicyclic) bond motifs is 1. The van der Waals surface area contributed by atoms with Crippen LogP contribution < -0.4 is 5.32 Å². The van der Waals surface area contributed by atoms with E-state index in [1.54, 1.807) is 11.8 Å². The van der Waals surface area contributed by atoms with Gasteiger partial charge in [-0.05, 0) is 19.9 Å². The largest absolute Gasteiger partial charge is 0.319 e. The lowest BCUT2D eigenvalue weighted by atomic mass is 10.2. The molecule has 84 valence electrons. The minimum atomic E-state index is 1.02. The average molecular weight is 226 g/mol. The predicted octanol–water partition coefficient (Wildman–Crippen LogP) is 1.32. The topological polar surface area (TPSA) is 42.7 Å². The SMILES string of the molecule is CNCCSc1nnc2n1CCCCC2. The smallest absolute Gasteiger partial charge is 0.191 e. The van der Waals surface area contributed by atoms with Crippen LogP contribution in [0.25, 0.3) is 0 Å². The number of aryl methyl sites for hydroxylation is 1. The molecule has 0 amide bonds. The summed E-state index contributed by atoms with van der Waals surface area (Å²) in [6.07, 6.45) is 4.95. The molecule has 2 rings (SSSR count). The van der Waals surface area contributed by atoms with Crippen molar-refractivity contribution in [2.24, 2.45) is 0 Å². The summed E-state index contributed by atoms with van der Waals surface area (Å²) in [5, 5.41) is 12.8. The Hall–Kier alpha value is -0.550. The zero-order chi connectivity index (χ0) is 10.5. The fourth-order valence-electron chi connectivity index (χ4n) is 1.81. The minimum Gasteiger partial charge on any atom is -0.319 e. The molecule has 0 atom stereocenters. The summed E-state index contributed by atoms with van der Waals surface area (Å²) in [5.74, 6) is 2.24. The van der Waals surface area contributed by atoms with Crippen LogP contribution in [0.2, 0.25) is 0 Å². The van der Waals surface area contributed by atoms with E-state index in [9.17, 15) is 0 Å². The van der Waals surface area contributed by atoms with Crippen molar-refractivity contribution in [2.75, 3.05) is 19.3 Å². The lowest BCUT2D eigenvalue weighted by molar-refractivity contribution is 0.591. The van der Waals surface area contributed by atoms with Crippen LogP contribution in [0.5, 0.6) is 0 Å². The van der Waals surface area contributed by atoms with Crippen LogP contribution in [0.4, 0.5) is 0 Å². The van der Waals surface area contributed by atoms with Crippen molar-refractivity contribution in [2.45, 2.75) is 37.4 Å². The second-order valence-electron chi connectivity index (χ2n) is 3.81. The van der Waals surface area contributed by atoms with E-state index in [1.807, 2.05) is 7.05 Å². The first-order valence-electron chi connectivity index (χ1n) is 5.61. The molecule has 0 aromatic carbocycles. The third kappa shape index (κ3) is 2.72. The van der Waals surface area contributed by atoms with Gasteiger partial charge in [0.15, 0.2) is 5.16 Å². The molecular formula is C10H18N4S. The third-order valence-corrected chi connectivity index (χ3v) is 3.63. The molecule has 15 heavy (non-hydrogen) atoms. The Morgan fingerprint density at radius 2 is 2.27 bits per heavy atom. The van der Waals surface area contributed by atoms with E-state index >= 15 is 0 Å². The Labute approximate surface area is 94.8 Å². The van der Waals surface area contributed by atoms with Crippen molar-refractivity contribution in [3.63, 3.8) is 0 Å². The summed E-state index contributed by atoms with van der Waals surface area (Å²) < 4.78 is 2.30. The summed E-state index contributed by atoms with van der Waals surface area (Å²) in [7, 11) is 1.98. The molecule has 2 heterocycles. The Bertz CT molecular complexity index is 310. The molecule has 1 aliphatic rings. The van der Waals surface area contributed by atoms with Crippen molar-refractivity contribution in [3.8, 4) is 0 Å². The molecule has 0 saturated heterocycles. The quantitative estimate of drug-likeness (QED) is 0.621. The second-order valence-corrected chi connectivity index (χ2v) is 4.88. The summed E-state index contributed by atoms with van der Waals surface area (Å²) in [6, 6.07) is 0. The van der Waals surface area contributed by atoms with E-state index in [1.165, 1.54) is 25.1 Å². The Kier molecular flexibility index (Phi) is 4.02. The van der Waals surface area contributed by atoms with Crippen LogP contribution in [0, 0.1) is 0 Å². The van der Waals surface area contributed by atoms with Crippen molar-refractivity contribution in [1.29, 1.82) is 0 Å². The highest BCUT2D eigenvalue weighted by atomic mass is 32.2. The molecule has 4 nitrogen and oxygen atoms in total. The molecule has 0 aliphatic carbocycles. The lowest BCUT2D eigenvalue weighted by Crippen LogP contribution is -2.10. The maximum atomic E-state index is 4.27. The van der Waals surface area contributed by atoms with Gasteiger partial charge in [-0.15, -0.1) is 10.2 Å².